The Labute approximate surface area is 155 Å². The zero-order valence-corrected chi connectivity index (χ0v) is 15.7. The van der Waals surface area contributed by atoms with E-state index in [0.717, 1.165) is 6.42 Å². The van der Waals surface area contributed by atoms with Gasteiger partial charge < -0.3 is 0 Å². The normalized spacial score (nSPS) is 15.8. The van der Waals surface area contributed by atoms with Crippen LogP contribution in [0.25, 0.3) is 12.2 Å². The van der Waals surface area contributed by atoms with E-state index in [4.69, 9.17) is 0 Å². The fraction of sp³-hybridized carbons (Fsp3) is 0.231. The zero-order valence-electron chi connectivity index (χ0n) is 15.7. The van der Waals surface area contributed by atoms with Crippen molar-refractivity contribution in [2.75, 3.05) is 0 Å². The summed E-state index contributed by atoms with van der Waals surface area (Å²) in [5, 5.41) is 5.71. The highest BCUT2D eigenvalue weighted by Gasteiger charge is 2.21. The van der Waals surface area contributed by atoms with E-state index in [-0.39, 0.29) is 0 Å². The van der Waals surface area contributed by atoms with Crippen LogP contribution in [0.4, 0.5) is 0 Å². The van der Waals surface area contributed by atoms with E-state index in [2.05, 4.69) is 62.4 Å². The van der Waals surface area contributed by atoms with Gasteiger partial charge in [0.1, 0.15) is 0 Å². The second kappa shape index (κ2) is 6.96. The van der Waals surface area contributed by atoms with Gasteiger partial charge in [-0.1, -0.05) is 98.8 Å². The monoisotopic (exact) mass is 338 g/mol. The smallest absolute Gasteiger partial charge is 0.00791 e. The van der Waals surface area contributed by atoms with Gasteiger partial charge in [0.2, 0.25) is 0 Å². The highest BCUT2D eigenvalue weighted by atomic mass is 14.3. The standard InChI is InChI=1S/C20H20.C6H6/c1-20(2)12-11-17-15(13-20)8-10-18-16-6-4-3-5-14(16)7-9-19(17)18;1-2-4-6-5-3-1/h3-8,10,13H,9,11-12H2,1-2H3;1-6H. The molecule has 0 N–H and O–H groups in total. The van der Waals surface area contributed by atoms with E-state index in [1.165, 1.54) is 33.7 Å². The van der Waals surface area contributed by atoms with Crippen LogP contribution in [0.15, 0.2) is 72.8 Å². The number of hydrogen-bond donors (Lipinski definition) is 0. The van der Waals surface area contributed by atoms with Crippen molar-refractivity contribution in [2.24, 2.45) is 5.41 Å². The van der Waals surface area contributed by atoms with Gasteiger partial charge in [0.05, 0.1) is 0 Å². The fourth-order valence-electron chi connectivity index (χ4n) is 4.08. The summed E-state index contributed by atoms with van der Waals surface area (Å²) >= 11 is 0. The third-order valence-corrected chi connectivity index (χ3v) is 5.48. The van der Waals surface area contributed by atoms with Gasteiger partial charge in [-0.2, -0.15) is 0 Å². The van der Waals surface area contributed by atoms with Crippen LogP contribution in [-0.2, 0) is 12.8 Å². The molecule has 0 nitrogen and oxygen atoms in total. The van der Waals surface area contributed by atoms with E-state index in [1.54, 1.807) is 11.1 Å². The molecule has 2 aliphatic rings. The Morgan fingerprint density at radius 1 is 0.654 bits per heavy atom. The van der Waals surface area contributed by atoms with Crippen molar-refractivity contribution in [2.45, 2.75) is 33.1 Å². The Kier molecular flexibility index (Phi) is 4.51. The van der Waals surface area contributed by atoms with E-state index in [9.17, 15) is 0 Å². The molecule has 0 aromatic heterocycles. The van der Waals surface area contributed by atoms with Crippen LogP contribution in [0.3, 0.4) is 0 Å². The molecule has 0 aliphatic heterocycles. The molecule has 5 rings (SSSR count). The first-order valence-corrected chi connectivity index (χ1v) is 9.57. The Morgan fingerprint density at radius 2 is 1.35 bits per heavy atom. The second-order valence-electron chi connectivity index (χ2n) is 7.94. The lowest BCUT2D eigenvalue weighted by Gasteiger charge is -2.27. The molecule has 0 heteroatoms. The first-order valence-electron chi connectivity index (χ1n) is 9.57. The molecule has 0 spiro atoms. The summed E-state index contributed by atoms with van der Waals surface area (Å²) in [5.74, 6) is 0. The molecule has 0 fully saturated rings. The summed E-state index contributed by atoms with van der Waals surface area (Å²) in [4.78, 5) is 0. The minimum atomic E-state index is 0.345. The van der Waals surface area contributed by atoms with Crippen LogP contribution < -0.4 is 10.4 Å². The molecule has 0 bridgehead atoms. The van der Waals surface area contributed by atoms with Crippen LogP contribution in [0.5, 0.6) is 0 Å². The van der Waals surface area contributed by atoms with Gasteiger partial charge in [-0.15, -0.1) is 0 Å². The van der Waals surface area contributed by atoms with Crippen LogP contribution in [0.1, 0.15) is 31.4 Å². The third kappa shape index (κ3) is 3.37. The van der Waals surface area contributed by atoms with Gasteiger partial charge in [0.15, 0.2) is 0 Å². The molecule has 130 valence electrons. The largest absolute Gasteiger partial charge is 0.0722 e. The predicted molar refractivity (Wildman–Crippen MR) is 111 cm³/mol. The molecule has 26 heavy (non-hydrogen) atoms. The predicted octanol–water partition coefficient (Wildman–Crippen LogP) is 4.75. The van der Waals surface area contributed by atoms with Gasteiger partial charge in [-0.05, 0) is 56.7 Å². The molecule has 0 amide bonds. The van der Waals surface area contributed by atoms with E-state index in [1.807, 2.05) is 36.4 Å². The maximum Gasteiger partial charge on any atom is -0.00791 e. The lowest BCUT2D eigenvalue weighted by Crippen LogP contribution is -2.26. The fourth-order valence-corrected chi connectivity index (χ4v) is 4.08. The number of benzene rings is 3. The number of rotatable bonds is 0. The summed E-state index contributed by atoms with van der Waals surface area (Å²) in [6, 6.07) is 25.4. The molecule has 0 saturated carbocycles. The number of fused-ring (bicyclic) bond motifs is 4. The van der Waals surface area contributed by atoms with Gasteiger partial charge in [0, 0.05) is 0 Å². The average Bonchev–Trinajstić information content (AvgIpc) is 2.68. The van der Waals surface area contributed by atoms with E-state index in [0.29, 0.717) is 5.41 Å². The van der Waals surface area contributed by atoms with Gasteiger partial charge in [-0.25, -0.2) is 0 Å². The van der Waals surface area contributed by atoms with E-state index >= 15 is 0 Å². The van der Waals surface area contributed by atoms with Gasteiger partial charge >= 0.3 is 0 Å². The summed E-state index contributed by atoms with van der Waals surface area (Å²) in [7, 11) is 0. The Hall–Kier alpha value is -2.60. The van der Waals surface area contributed by atoms with Crippen molar-refractivity contribution in [1.29, 1.82) is 0 Å². The number of hydrogen-bond acceptors (Lipinski definition) is 0. The van der Waals surface area contributed by atoms with Crippen molar-refractivity contribution in [3.05, 3.63) is 105 Å². The molecule has 2 aliphatic carbocycles. The topological polar surface area (TPSA) is 0 Å². The Balaban J connectivity index is 0.000000240. The quantitative estimate of drug-likeness (QED) is 0.555. The maximum absolute atomic E-state index is 2.46. The van der Waals surface area contributed by atoms with Crippen LogP contribution in [0, 0.1) is 15.9 Å². The van der Waals surface area contributed by atoms with Crippen molar-refractivity contribution >= 4 is 12.2 Å². The van der Waals surface area contributed by atoms with Crippen molar-refractivity contribution in [3.63, 3.8) is 0 Å². The minimum absolute atomic E-state index is 0.345. The molecule has 0 unspecified atom stereocenters. The molecular formula is C26H26. The van der Waals surface area contributed by atoms with Crippen molar-refractivity contribution in [3.8, 4) is 0 Å². The summed E-state index contributed by atoms with van der Waals surface area (Å²) in [6.45, 7) is 4.69. The highest BCUT2D eigenvalue weighted by molar-refractivity contribution is 5.49. The lowest BCUT2D eigenvalue weighted by molar-refractivity contribution is 0.458. The maximum atomic E-state index is 2.46. The van der Waals surface area contributed by atoms with Crippen LogP contribution in [-0.4, -0.2) is 0 Å². The average molecular weight is 338 g/mol. The Morgan fingerprint density at radius 3 is 2.08 bits per heavy atom. The van der Waals surface area contributed by atoms with E-state index < -0.39 is 0 Å². The molecular weight excluding hydrogens is 312 g/mol. The molecule has 3 aromatic carbocycles. The SMILES string of the molecule is CC1(C)C=c2ccc3c(c2CC1)CC=c1ccccc1=3.c1ccccc1. The Bertz CT molecular complexity index is 1090. The zero-order chi connectivity index (χ0) is 18.0. The first-order chi connectivity index (χ1) is 12.6. The van der Waals surface area contributed by atoms with Crippen molar-refractivity contribution in [1.82, 2.24) is 0 Å². The van der Waals surface area contributed by atoms with Crippen LogP contribution in [0.2, 0.25) is 0 Å². The van der Waals surface area contributed by atoms with Gasteiger partial charge in [-0.3, -0.25) is 0 Å². The third-order valence-electron chi connectivity index (χ3n) is 5.48. The molecule has 0 radical (unpaired) electrons. The molecule has 0 saturated heterocycles. The summed E-state index contributed by atoms with van der Waals surface area (Å²) in [6.07, 6.45) is 8.42. The van der Waals surface area contributed by atoms with Crippen molar-refractivity contribution < 1.29 is 0 Å². The van der Waals surface area contributed by atoms with Gasteiger partial charge in [0.25, 0.3) is 0 Å². The second-order valence-corrected chi connectivity index (χ2v) is 7.94. The highest BCUT2D eigenvalue weighted by Crippen LogP contribution is 2.29. The van der Waals surface area contributed by atoms with Crippen LogP contribution >= 0.6 is 0 Å². The first kappa shape index (κ1) is 16.8. The molecule has 0 heterocycles. The summed E-state index contributed by atoms with van der Waals surface area (Å²) in [5.41, 5.74) is 3.50. The lowest BCUT2D eigenvalue weighted by atomic mass is 9.78. The summed E-state index contributed by atoms with van der Waals surface area (Å²) < 4.78 is 0. The molecule has 0 atom stereocenters. The minimum Gasteiger partial charge on any atom is -0.0722 e. The molecule has 3 aromatic rings.